The number of methoxy groups -OCH3 is 1. The van der Waals surface area contributed by atoms with Gasteiger partial charge in [0.2, 0.25) is 0 Å². The summed E-state index contributed by atoms with van der Waals surface area (Å²) in [6.07, 6.45) is 3.63. The van der Waals surface area contributed by atoms with Crippen LogP contribution >= 0.6 is 0 Å². The maximum Gasteiger partial charge on any atom is 0.156 e. The van der Waals surface area contributed by atoms with Crippen molar-refractivity contribution in [2.75, 3.05) is 25.2 Å². The molecule has 2 rings (SSSR count). The first-order valence-corrected chi connectivity index (χ1v) is 6.45. The number of aliphatic hydroxyl groups is 1. The largest absolute Gasteiger partial charge is 0.395 e. The van der Waals surface area contributed by atoms with Crippen LogP contribution in [0, 0.1) is 6.92 Å². The quantitative estimate of drug-likeness (QED) is 0.825. The minimum atomic E-state index is 0.152. The van der Waals surface area contributed by atoms with Gasteiger partial charge in [0, 0.05) is 31.5 Å². The molecular formula is C13H21N3O2. The third-order valence-electron chi connectivity index (χ3n) is 3.31. The van der Waals surface area contributed by atoms with Crippen LogP contribution in [0.5, 0.6) is 0 Å². The molecule has 18 heavy (non-hydrogen) atoms. The molecule has 0 radical (unpaired) electrons. The highest BCUT2D eigenvalue weighted by Gasteiger charge is 2.26. The van der Waals surface area contributed by atoms with E-state index in [1.54, 1.807) is 7.11 Å². The van der Waals surface area contributed by atoms with Gasteiger partial charge >= 0.3 is 0 Å². The van der Waals surface area contributed by atoms with Crippen LogP contribution in [-0.2, 0) is 11.3 Å². The first-order chi connectivity index (χ1) is 8.74. The molecule has 0 bridgehead atoms. The van der Waals surface area contributed by atoms with Crippen LogP contribution in [0.4, 0.5) is 5.82 Å². The van der Waals surface area contributed by atoms with Gasteiger partial charge < -0.3 is 14.7 Å². The molecule has 1 aliphatic carbocycles. The van der Waals surface area contributed by atoms with Crippen LogP contribution in [0.1, 0.15) is 30.8 Å². The second-order valence-electron chi connectivity index (χ2n) is 4.72. The van der Waals surface area contributed by atoms with Crippen molar-refractivity contribution in [1.29, 1.82) is 0 Å². The van der Waals surface area contributed by atoms with E-state index < -0.39 is 0 Å². The van der Waals surface area contributed by atoms with E-state index in [2.05, 4.69) is 14.9 Å². The Kier molecular flexibility index (Phi) is 4.49. The molecular weight excluding hydrogens is 230 g/mol. The van der Waals surface area contributed by atoms with Crippen LogP contribution in [0.25, 0.3) is 0 Å². The normalized spacial score (nSPS) is 15.5. The summed E-state index contributed by atoms with van der Waals surface area (Å²) < 4.78 is 5.09. The minimum absolute atomic E-state index is 0.152. The Morgan fingerprint density at radius 2 is 2.22 bits per heavy atom. The molecule has 0 spiro atoms. The lowest BCUT2D eigenvalue weighted by Crippen LogP contribution is -2.42. The molecule has 0 amide bonds. The van der Waals surface area contributed by atoms with Crippen molar-refractivity contribution in [3.05, 3.63) is 17.6 Å². The van der Waals surface area contributed by atoms with Gasteiger partial charge in [-0.15, -0.1) is 0 Å². The Hall–Kier alpha value is -1.20. The number of aromatic nitrogens is 2. The number of nitrogens with zero attached hydrogens (tertiary/aromatic N) is 3. The zero-order valence-corrected chi connectivity index (χ0v) is 11.1. The van der Waals surface area contributed by atoms with E-state index in [1.807, 2.05) is 13.0 Å². The van der Waals surface area contributed by atoms with E-state index in [-0.39, 0.29) is 6.61 Å². The topological polar surface area (TPSA) is 58.5 Å². The number of anilines is 1. The molecule has 100 valence electrons. The third-order valence-corrected chi connectivity index (χ3v) is 3.31. The number of ether oxygens (including phenoxy) is 1. The van der Waals surface area contributed by atoms with Crippen molar-refractivity contribution < 1.29 is 9.84 Å². The summed E-state index contributed by atoms with van der Waals surface area (Å²) in [4.78, 5) is 11.1. The molecule has 1 aliphatic rings. The monoisotopic (exact) mass is 251 g/mol. The molecule has 1 aromatic heterocycles. The van der Waals surface area contributed by atoms with Crippen LogP contribution in [-0.4, -0.2) is 41.4 Å². The first-order valence-electron chi connectivity index (χ1n) is 6.45. The molecule has 1 fully saturated rings. The Bertz CT molecular complexity index is 394. The zero-order valence-electron chi connectivity index (χ0n) is 11.1. The standard InChI is InChI=1S/C13H21N3O2/c1-10-8-13(15-12(14-10)9-18-2)16(6-7-17)11-4-3-5-11/h8,11,17H,3-7,9H2,1-2H3. The maximum atomic E-state index is 9.20. The van der Waals surface area contributed by atoms with Crippen molar-refractivity contribution in [3.8, 4) is 0 Å². The lowest BCUT2D eigenvalue weighted by Gasteiger charge is -2.38. The smallest absolute Gasteiger partial charge is 0.156 e. The third kappa shape index (κ3) is 2.97. The summed E-state index contributed by atoms with van der Waals surface area (Å²) in [6.45, 7) is 3.17. The van der Waals surface area contributed by atoms with Gasteiger partial charge in [-0.3, -0.25) is 0 Å². The zero-order chi connectivity index (χ0) is 13.0. The van der Waals surface area contributed by atoms with Crippen molar-refractivity contribution in [2.45, 2.75) is 38.8 Å². The summed E-state index contributed by atoms with van der Waals surface area (Å²) in [7, 11) is 1.64. The summed E-state index contributed by atoms with van der Waals surface area (Å²) in [5, 5.41) is 9.20. The second-order valence-corrected chi connectivity index (χ2v) is 4.72. The van der Waals surface area contributed by atoms with E-state index in [9.17, 15) is 5.11 Å². The van der Waals surface area contributed by atoms with E-state index in [0.29, 0.717) is 25.0 Å². The number of rotatable bonds is 6. The van der Waals surface area contributed by atoms with Gasteiger partial charge in [-0.05, 0) is 26.2 Å². The summed E-state index contributed by atoms with van der Waals surface area (Å²) >= 11 is 0. The molecule has 1 N–H and O–H groups in total. The average Bonchev–Trinajstić information content (AvgIpc) is 2.25. The predicted molar refractivity (Wildman–Crippen MR) is 69.6 cm³/mol. The van der Waals surface area contributed by atoms with E-state index in [0.717, 1.165) is 11.5 Å². The maximum absolute atomic E-state index is 9.20. The molecule has 5 heteroatoms. The van der Waals surface area contributed by atoms with Crippen molar-refractivity contribution in [3.63, 3.8) is 0 Å². The molecule has 0 aromatic carbocycles. The molecule has 1 saturated carbocycles. The van der Waals surface area contributed by atoms with Gasteiger partial charge in [0.05, 0.1) is 6.61 Å². The minimum Gasteiger partial charge on any atom is -0.395 e. The van der Waals surface area contributed by atoms with Crippen molar-refractivity contribution in [2.24, 2.45) is 0 Å². The highest BCUT2D eigenvalue weighted by molar-refractivity contribution is 5.41. The molecule has 0 aliphatic heterocycles. The molecule has 0 unspecified atom stereocenters. The fourth-order valence-electron chi connectivity index (χ4n) is 2.24. The Morgan fingerprint density at radius 1 is 1.44 bits per heavy atom. The van der Waals surface area contributed by atoms with E-state index in [1.165, 1.54) is 19.3 Å². The Balaban J connectivity index is 2.22. The fourth-order valence-corrected chi connectivity index (χ4v) is 2.24. The van der Waals surface area contributed by atoms with Gasteiger partial charge in [0.25, 0.3) is 0 Å². The molecule has 1 aromatic rings. The Labute approximate surface area is 108 Å². The summed E-state index contributed by atoms with van der Waals surface area (Å²) in [5.74, 6) is 1.61. The van der Waals surface area contributed by atoms with Gasteiger partial charge in [-0.25, -0.2) is 9.97 Å². The average molecular weight is 251 g/mol. The van der Waals surface area contributed by atoms with Gasteiger partial charge in [0.1, 0.15) is 12.4 Å². The molecule has 5 nitrogen and oxygen atoms in total. The SMILES string of the molecule is COCc1nc(C)cc(N(CCO)C2CCC2)n1. The summed E-state index contributed by atoms with van der Waals surface area (Å²) in [6, 6.07) is 2.49. The van der Waals surface area contributed by atoms with Gasteiger partial charge in [-0.1, -0.05) is 0 Å². The van der Waals surface area contributed by atoms with Gasteiger partial charge in [0.15, 0.2) is 5.82 Å². The summed E-state index contributed by atoms with van der Waals surface area (Å²) in [5.41, 5.74) is 0.939. The fraction of sp³-hybridized carbons (Fsp3) is 0.692. The van der Waals surface area contributed by atoms with Crippen LogP contribution in [0.2, 0.25) is 0 Å². The number of hydrogen-bond acceptors (Lipinski definition) is 5. The van der Waals surface area contributed by atoms with Crippen LogP contribution < -0.4 is 4.90 Å². The van der Waals surface area contributed by atoms with Crippen molar-refractivity contribution in [1.82, 2.24) is 9.97 Å². The predicted octanol–water partition coefficient (Wildman–Crippen LogP) is 1.28. The highest BCUT2D eigenvalue weighted by atomic mass is 16.5. The van der Waals surface area contributed by atoms with E-state index in [4.69, 9.17) is 4.74 Å². The molecule has 1 heterocycles. The lowest BCUT2D eigenvalue weighted by molar-refractivity contribution is 0.177. The second kappa shape index (κ2) is 6.11. The number of aryl methyl sites for hydroxylation is 1. The van der Waals surface area contributed by atoms with Crippen LogP contribution in [0.3, 0.4) is 0 Å². The van der Waals surface area contributed by atoms with E-state index >= 15 is 0 Å². The molecule has 0 saturated heterocycles. The van der Waals surface area contributed by atoms with Crippen molar-refractivity contribution >= 4 is 5.82 Å². The number of aliphatic hydroxyl groups excluding tert-OH is 1. The lowest BCUT2D eigenvalue weighted by atomic mass is 9.91. The molecule has 0 atom stereocenters. The highest BCUT2D eigenvalue weighted by Crippen LogP contribution is 2.28. The Morgan fingerprint density at radius 3 is 2.78 bits per heavy atom. The number of hydrogen-bond donors (Lipinski definition) is 1. The van der Waals surface area contributed by atoms with Crippen LogP contribution in [0.15, 0.2) is 6.07 Å². The van der Waals surface area contributed by atoms with Gasteiger partial charge in [-0.2, -0.15) is 0 Å². The first kappa shape index (κ1) is 13.2.